The van der Waals surface area contributed by atoms with Gasteiger partial charge in [0.05, 0.1) is 31.2 Å². The zero-order chi connectivity index (χ0) is 19.2. The molecule has 5 nitrogen and oxygen atoms in total. The lowest BCUT2D eigenvalue weighted by molar-refractivity contribution is 0.373. The summed E-state index contributed by atoms with van der Waals surface area (Å²) < 4.78 is 18.8. The highest BCUT2D eigenvalue weighted by molar-refractivity contribution is 5.64. The van der Waals surface area contributed by atoms with E-state index < -0.39 is 0 Å². The molecule has 140 valence electrons. The first-order valence-corrected chi connectivity index (χ1v) is 8.82. The van der Waals surface area contributed by atoms with Crippen molar-refractivity contribution in [3.63, 3.8) is 0 Å². The lowest BCUT2D eigenvalue weighted by Crippen LogP contribution is -2.12. The first kappa shape index (κ1) is 18.6. The molecule has 0 bridgehead atoms. The Morgan fingerprint density at radius 2 is 2.04 bits per heavy atom. The Hall–Kier alpha value is -3.15. The molecule has 1 aromatic heterocycles. The van der Waals surface area contributed by atoms with Crippen molar-refractivity contribution in [1.29, 1.82) is 0 Å². The fourth-order valence-corrected chi connectivity index (χ4v) is 2.92. The van der Waals surface area contributed by atoms with Gasteiger partial charge in [-0.2, -0.15) is 0 Å². The first-order chi connectivity index (χ1) is 13.1. The SMILES string of the molecule is CCC[C@H](Nc1cncc(-c2ccc(O)c(OC)c2)n1)c1cccc(F)c1. The van der Waals surface area contributed by atoms with Crippen molar-refractivity contribution in [2.75, 3.05) is 12.4 Å². The number of hydrogen-bond acceptors (Lipinski definition) is 5. The summed E-state index contributed by atoms with van der Waals surface area (Å²) in [7, 11) is 1.50. The number of phenols is 1. The number of nitrogens with zero attached hydrogens (tertiary/aromatic N) is 2. The smallest absolute Gasteiger partial charge is 0.161 e. The van der Waals surface area contributed by atoms with Crippen molar-refractivity contribution in [1.82, 2.24) is 9.97 Å². The first-order valence-electron chi connectivity index (χ1n) is 8.82. The van der Waals surface area contributed by atoms with E-state index in [1.54, 1.807) is 36.7 Å². The lowest BCUT2D eigenvalue weighted by atomic mass is 10.0. The van der Waals surface area contributed by atoms with E-state index in [1.807, 2.05) is 6.07 Å². The minimum absolute atomic E-state index is 0.0652. The van der Waals surface area contributed by atoms with E-state index in [0.29, 0.717) is 17.3 Å². The Kier molecular flexibility index (Phi) is 5.86. The number of anilines is 1. The number of hydrogen-bond donors (Lipinski definition) is 2. The number of methoxy groups -OCH3 is 1. The molecule has 0 saturated heterocycles. The van der Waals surface area contributed by atoms with E-state index in [4.69, 9.17) is 4.74 Å². The molecule has 3 aromatic rings. The molecule has 2 aromatic carbocycles. The summed E-state index contributed by atoms with van der Waals surface area (Å²) in [5.74, 6) is 0.780. The summed E-state index contributed by atoms with van der Waals surface area (Å²) in [6.45, 7) is 2.08. The minimum Gasteiger partial charge on any atom is -0.504 e. The Morgan fingerprint density at radius 1 is 1.19 bits per heavy atom. The van der Waals surface area contributed by atoms with Crippen LogP contribution in [0, 0.1) is 5.82 Å². The van der Waals surface area contributed by atoms with Crippen LogP contribution in [0.5, 0.6) is 11.5 Å². The second-order valence-corrected chi connectivity index (χ2v) is 6.22. The van der Waals surface area contributed by atoms with Gasteiger partial charge in [0.25, 0.3) is 0 Å². The second-order valence-electron chi connectivity index (χ2n) is 6.22. The number of benzene rings is 2. The molecule has 2 N–H and O–H groups in total. The fourth-order valence-electron chi connectivity index (χ4n) is 2.92. The van der Waals surface area contributed by atoms with Crippen LogP contribution in [0.1, 0.15) is 31.4 Å². The van der Waals surface area contributed by atoms with Gasteiger partial charge in [-0.1, -0.05) is 25.5 Å². The van der Waals surface area contributed by atoms with Gasteiger partial charge in [0.2, 0.25) is 0 Å². The number of aromatic nitrogens is 2. The van der Waals surface area contributed by atoms with Gasteiger partial charge < -0.3 is 15.2 Å². The molecule has 0 aliphatic carbocycles. The van der Waals surface area contributed by atoms with Crippen molar-refractivity contribution < 1.29 is 14.2 Å². The van der Waals surface area contributed by atoms with Crippen molar-refractivity contribution in [3.8, 4) is 22.8 Å². The molecule has 3 rings (SSSR count). The van der Waals surface area contributed by atoms with Crippen LogP contribution in [-0.4, -0.2) is 22.2 Å². The summed E-state index contributed by atoms with van der Waals surface area (Å²) in [5.41, 5.74) is 2.29. The molecular formula is C21H22FN3O2. The van der Waals surface area contributed by atoms with Gasteiger partial charge in [-0.05, 0) is 42.3 Å². The quantitative estimate of drug-likeness (QED) is 0.618. The topological polar surface area (TPSA) is 67.3 Å². The number of aromatic hydroxyl groups is 1. The molecule has 0 aliphatic rings. The summed E-state index contributed by atoms with van der Waals surface area (Å²) >= 11 is 0. The molecular weight excluding hydrogens is 345 g/mol. The number of halogens is 1. The van der Waals surface area contributed by atoms with Crippen molar-refractivity contribution in [3.05, 3.63) is 66.2 Å². The van der Waals surface area contributed by atoms with Gasteiger partial charge in [-0.3, -0.25) is 4.98 Å². The van der Waals surface area contributed by atoms with E-state index in [9.17, 15) is 9.50 Å². The van der Waals surface area contributed by atoms with Crippen LogP contribution in [0.3, 0.4) is 0 Å². The van der Waals surface area contributed by atoms with E-state index in [2.05, 4.69) is 22.2 Å². The molecule has 0 amide bonds. The summed E-state index contributed by atoms with van der Waals surface area (Å²) in [6.07, 6.45) is 5.07. The third kappa shape index (κ3) is 4.53. The molecule has 1 atom stereocenters. The van der Waals surface area contributed by atoms with Gasteiger partial charge in [0, 0.05) is 5.56 Å². The molecule has 0 fully saturated rings. The van der Waals surface area contributed by atoms with Crippen molar-refractivity contribution in [2.45, 2.75) is 25.8 Å². The van der Waals surface area contributed by atoms with E-state index in [1.165, 1.54) is 19.2 Å². The Balaban J connectivity index is 1.88. The fraction of sp³-hybridized carbons (Fsp3) is 0.238. The predicted molar refractivity (Wildman–Crippen MR) is 103 cm³/mol. The Morgan fingerprint density at radius 3 is 2.78 bits per heavy atom. The van der Waals surface area contributed by atoms with E-state index in [-0.39, 0.29) is 17.6 Å². The zero-order valence-corrected chi connectivity index (χ0v) is 15.3. The number of ether oxygens (including phenoxy) is 1. The monoisotopic (exact) mass is 367 g/mol. The van der Waals surface area contributed by atoms with Crippen LogP contribution in [0.2, 0.25) is 0 Å². The maximum Gasteiger partial charge on any atom is 0.161 e. The minimum atomic E-state index is -0.258. The summed E-state index contributed by atoms with van der Waals surface area (Å²) in [5, 5.41) is 13.1. The maximum atomic E-state index is 13.6. The second kappa shape index (κ2) is 8.49. The molecule has 27 heavy (non-hydrogen) atoms. The molecule has 0 unspecified atom stereocenters. The molecule has 6 heteroatoms. The van der Waals surface area contributed by atoms with E-state index >= 15 is 0 Å². The van der Waals surface area contributed by atoms with Gasteiger partial charge >= 0.3 is 0 Å². The number of rotatable bonds is 7. The Labute approximate surface area is 157 Å². The van der Waals surface area contributed by atoms with Crippen LogP contribution >= 0.6 is 0 Å². The van der Waals surface area contributed by atoms with E-state index in [0.717, 1.165) is 24.0 Å². The van der Waals surface area contributed by atoms with Crippen LogP contribution in [0.15, 0.2) is 54.9 Å². The van der Waals surface area contributed by atoms with Crippen molar-refractivity contribution in [2.24, 2.45) is 0 Å². The average molecular weight is 367 g/mol. The Bertz CT molecular complexity index is 917. The van der Waals surface area contributed by atoms with Gasteiger partial charge in [0.15, 0.2) is 11.5 Å². The van der Waals surface area contributed by atoms with Gasteiger partial charge in [0.1, 0.15) is 11.6 Å². The molecule has 0 spiro atoms. The van der Waals surface area contributed by atoms with Crippen molar-refractivity contribution >= 4 is 5.82 Å². The third-order valence-corrected chi connectivity index (χ3v) is 4.26. The maximum absolute atomic E-state index is 13.6. The normalized spacial score (nSPS) is 11.8. The lowest BCUT2D eigenvalue weighted by Gasteiger charge is -2.19. The standard InChI is InChI=1S/C21H22FN3O2/c1-3-5-17(14-6-4-7-16(22)10-14)24-21-13-23-12-18(25-21)15-8-9-19(26)20(11-15)27-2/h4,6-13,17,26H,3,5H2,1-2H3,(H,24,25)/t17-/m0/s1. The number of phenolic OH excluding ortho intramolecular Hbond substituents is 1. The molecule has 0 aliphatic heterocycles. The average Bonchev–Trinajstić information content (AvgIpc) is 2.68. The van der Waals surface area contributed by atoms with Gasteiger partial charge in [-0.15, -0.1) is 0 Å². The highest BCUT2D eigenvalue weighted by Crippen LogP contribution is 2.31. The highest BCUT2D eigenvalue weighted by atomic mass is 19.1. The summed E-state index contributed by atoms with van der Waals surface area (Å²) in [6, 6.07) is 11.5. The van der Waals surface area contributed by atoms with Crippen LogP contribution in [0.25, 0.3) is 11.3 Å². The summed E-state index contributed by atoms with van der Waals surface area (Å²) in [4.78, 5) is 8.87. The third-order valence-electron chi connectivity index (χ3n) is 4.26. The molecule has 1 heterocycles. The number of nitrogens with one attached hydrogen (secondary N) is 1. The zero-order valence-electron chi connectivity index (χ0n) is 15.3. The van der Waals surface area contributed by atoms with Crippen LogP contribution < -0.4 is 10.1 Å². The highest BCUT2D eigenvalue weighted by Gasteiger charge is 2.13. The van der Waals surface area contributed by atoms with Crippen LogP contribution in [0.4, 0.5) is 10.2 Å². The van der Waals surface area contributed by atoms with Gasteiger partial charge in [-0.25, -0.2) is 9.37 Å². The molecule has 0 radical (unpaired) electrons. The largest absolute Gasteiger partial charge is 0.504 e. The van der Waals surface area contributed by atoms with Crippen LogP contribution in [-0.2, 0) is 0 Å². The predicted octanol–water partition coefficient (Wildman–Crippen LogP) is 4.95. The molecule has 0 saturated carbocycles.